The van der Waals surface area contributed by atoms with E-state index in [1.807, 2.05) is 0 Å². The minimum absolute atomic E-state index is 0.0683. The molecule has 1 atom stereocenters. The molecule has 1 unspecified atom stereocenters. The largest absolute Gasteiger partial charge is 0.359 e. The van der Waals surface area contributed by atoms with Gasteiger partial charge in [-0.3, -0.25) is 0 Å². The molecule has 0 spiro atoms. The van der Waals surface area contributed by atoms with E-state index in [1.54, 1.807) is 0 Å². The van der Waals surface area contributed by atoms with Crippen LogP contribution < -0.4 is 10.2 Å². The van der Waals surface area contributed by atoms with Crippen molar-refractivity contribution in [2.45, 2.75) is 6.17 Å². The van der Waals surface area contributed by atoms with Gasteiger partial charge in [-0.15, -0.1) is 0 Å². The standard InChI is InChI=1S/C25H19BrN2/c26-21-16-14-19(15-17-21)18-10-12-20(13-11-18)25-27-23-8-4-5-9-24(23)28(25)22-6-2-1-3-7-22/h1-17,25,27H. The van der Waals surface area contributed by atoms with Gasteiger partial charge in [0, 0.05) is 10.2 Å². The predicted molar refractivity (Wildman–Crippen MR) is 121 cm³/mol. The van der Waals surface area contributed by atoms with Crippen LogP contribution in [0.5, 0.6) is 0 Å². The summed E-state index contributed by atoms with van der Waals surface area (Å²) in [6.07, 6.45) is 0.0683. The highest BCUT2D eigenvalue weighted by molar-refractivity contribution is 9.10. The number of nitrogens with one attached hydrogen (secondary N) is 1. The summed E-state index contributed by atoms with van der Waals surface area (Å²) in [5.41, 5.74) is 7.22. The molecule has 1 aliphatic rings. The van der Waals surface area contributed by atoms with Gasteiger partial charge in [0.15, 0.2) is 0 Å². The van der Waals surface area contributed by atoms with E-state index in [4.69, 9.17) is 0 Å². The maximum Gasteiger partial charge on any atom is 0.130 e. The normalized spacial score (nSPS) is 15.2. The van der Waals surface area contributed by atoms with E-state index in [9.17, 15) is 0 Å². The van der Waals surface area contributed by atoms with Crippen LogP contribution in [-0.4, -0.2) is 0 Å². The summed E-state index contributed by atoms with van der Waals surface area (Å²) in [4.78, 5) is 2.37. The molecule has 0 saturated carbocycles. The molecular weight excluding hydrogens is 408 g/mol. The van der Waals surface area contributed by atoms with Crippen LogP contribution in [0.25, 0.3) is 11.1 Å². The first-order valence-corrected chi connectivity index (χ1v) is 10.1. The molecule has 3 heteroatoms. The van der Waals surface area contributed by atoms with Gasteiger partial charge >= 0.3 is 0 Å². The van der Waals surface area contributed by atoms with Gasteiger partial charge in [0.2, 0.25) is 0 Å². The highest BCUT2D eigenvalue weighted by Crippen LogP contribution is 2.45. The van der Waals surface area contributed by atoms with Crippen LogP contribution in [-0.2, 0) is 0 Å². The fraction of sp³-hybridized carbons (Fsp3) is 0.0400. The molecule has 28 heavy (non-hydrogen) atoms. The van der Waals surface area contributed by atoms with E-state index in [2.05, 4.69) is 129 Å². The Morgan fingerprint density at radius 1 is 0.643 bits per heavy atom. The maximum atomic E-state index is 3.69. The highest BCUT2D eigenvalue weighted by Gasteiger charge is 2.30. The van der Waals surface area contributed by atoms with Crippen molar-refractivity contribution in [1.82, 2.24) is 0 Å². The van der Waals surface area contributed by atoms with Crippen LogP contribution in [0.1, 0.15) is 11.7 Å². The van der Waals surface area contributed by atoms with E-state index < -0.39 is 0 Å². The van der Waals surface area contributed by atoms with Gasteiger partial charge in [-0.1, -0.05) is 82.7 Å². The Balaban J connectivity index is 1.52. The SMILES string of the molecule is Brc1ccc(-c2ccc(C3Nc4ccccc4N3c3ccccc3)cc2)cc1. The van der Waals surface area contributed by atoms with Gasteiger partial charge in [0.05, 0.1) is 11.4 Å². The zero-order valence-electron chi connectivity index (χ0n) is 15.2. The molecule has 0 radical (unpaired) electrons. The first-order chi connectivity index (χ1) is 13.8. The van der Waals surface area contributed by atoms with E-state index in [1.165, 1.54) is 28.1 Å². The second-order valence-corrected chi connectivity index (χ2v) is 7.81. The Morgan fingerprint density at radius 3 is 1.96 bits per heavy atom. The molecule has 2 nitrogen and oxygen atoms in total. The number of anilines is 3. The Hall–Kier alpha value is -3.04. The van der Waals surface area contributed by atoms with E-state index in [0.29, 0.717) is 0 Å². The number of halogens is 1. The predicted octanol–water partition coefficient (Wildman–Crippen LogP) is 7.38. The van der Waals surface area contributed by atoms with E-state index in [0.717, 1.165) is 10.2 Å². The van der Waals surface area contributed by atoms with Crippen LogP contribution in [0.2, 0.25) is 0 Å². The molecule has 0 saturated heterocycles. The molecule has 4 aromatic rings. The lowest BCUT2D eigenvalue weighted by Crippen LogP contribution is -2.23. The molecule has 0 aliphatic carbocycles. The zero-order chi connectivity index (χ0) is 18.9. The van der Waals surface area contributed by atoms with Gasteiger partial charge in [-0.05, 0) is 53.1 Å². The van der Waals surface area contributed by atoms with Crippen LogP contribution >= 0.6 is 15.9 Å². The smallest absolute Gasteiger partial charge is 0.130 e. The van der Waals surface area contributed by atoms with Crippen molar-refractivity contribution >= 4 is 33.0 Å². The van der Waals surface area contributed by atoms with Gasteiger partial charge in [0.25, 0.3) is 0 Å². The van der Waals surface area contributed by atoms with Crippen molar-refractivity contribution < 1.29 is 0 Å². The van der Waals surface area contributed by atoms with Gasteiger partial charge in [0.1, 0.15) is 6.17 Å². The third kappa shape index (κ3) is 3.08. The Kier molecular flexibility index (Phi) is 4.38. The fourth-order valence-corrected chi connectivity index (χ4v) is 4.03. The van der Waals surface area contributed by atoms with Crippen molar-refractivity contribution in [1.29, 1.82) is 0 Å². The first-order valence-electron chi connectivity index (χ1n) is 9.35. The summed E-state index contributed by atoms with van der Waals surface area (Å²) in [5.74, 6) is 0. The summed E-state index contributed by atoms with van der Waals surface area (Å²) in [5, 5.41) is 3.69. The second-order valence-electron chi connectivity index (χ2n) is 6.90. The lowest BCUT2D eigenvalue weighted by atomic mass is 10.0. The Bertz CT molecular complexity index is 1090. The van der Waals surface area contributed by atoms with Gasteiger partial charge < -0.3 is 10.2 Å². The molecule has 1 aliphatic heterocycles. The number of hydrogen-bond acceptors (Lipinski definition) is 2. The van der Waals surface area contributed by atoms with Crippen LogP contribution in [0, 0.1) is 0 Å². The van der Waals surface area contributed by atoms with Gasteiger partial charge in [-0.2, -0.15) is 0 Å². The average Bonchev–Trinajstić information content (AvgIpc) is 3.15. The quantitative estimate of drug-likeness (QED) is 0.367. The third-order valence-corrected chi connectivity index (χ3v) is 5.68. The molecular formula is C25H19BrN2. The summed E-state index contributed by atoms with van der Waals surface area (Å²) < 4.78 is 1.10. The summed E-state index contributed by atoms with van der Waals surface area (Å²) in [6.45, 7) is 0. The lowest BCUT2D eigenvalue weighted by Gasteiger charge is -2.27. The molecule has 1 heterocycles. The van der Waals surface area contributed by atoms with Crippen LogP contribution in [0.15, 0.2) is 108 Å². The monoisotopic (exact) mass is 426 g/mol. The topological polar surface area (TPSA) is 15.3 Å². The minimum Gasteiger partial charge on any atom is -0.359 e. The molecule has 136 valence electrons. The molecule has 5 rings (SSSR count). The molecule has 0 amide bonds. The van der Waals surface area contributed by atoms with Crippen molar-refractivity contribution in [2.24, 2.45) is 0 Å². The van der Waals surface area contributed by atoms with Crippen LogP contribution in [0.3, 0.4) is 0 Å². The summed E-state index contributed by atoms with van der Waals surface area (Å²) in [6, 6.07) is 36.3. The average molecular weight is 427 g/mol. The number of nitrogens with zero attached hydrogens (tertiary/aromatic N) is 1. The van der Waals surface area contributed by atoms with Crippen molar-refractivity contribution in [3.05, 3.63) is 113 Å². The second kappa shape index (κ2) is 7.17. The lowest BCUT2D eigenvalue weighted by molar-refractivity contribution is 0.828. The third-order valence-electron chi connectivity index (χ3n) is 5.15. The number of para-hydroxylation sites is 3. The van der Waals surface area contributed by atoms with Crippen molar-refractivity contribution in [3.63, 3.8) is 0 Å². The minimum atomic E-state index is 0.0683. The number of benzene rings is 4. The van der Waals surface area contributed by atoms with Gasteiger partial charge in [-0.25, -0.2) is 0 Å². The molecule has 0 fully saturated rings. The molecule has 1 N–H and O–H groups in total. The number of hydrogen-bond donors (Lipinski definition) is 1. The summed E-state index contributed by atoms with van der Waals surface area (Å²) >= 11 is 3.50. The number of rotatable bonds is 3. The summed E-state index contributed by atoms with van der Waals surface area (Å²) in [7, 11) is 0. The molecule has 0 bridgehead atoms. The first kappa shape index (κ1) is 17.1. The molecule has 4 aromatic carbocycles. The van der Waals surface area contributed by atoms with E-state index >= 15 is 0 Å². The Morgan fingerprint density at radius 2 is 1.25 bits per heavy atom. The number of fused-ring (bicyclic) bond motifs is 1. The Labute approximate surface area is 173 Å². The zero-order valence-corrected chi connectivity index (χ0v) is 16.8. The maximum absolute atomic E-state index is 3.69. The fourth-order valence-electron chi connectivity index (χ4n) is 3.77. The van der Waals surface area contributed by atoms with E-state index in [-0.39, 0.29) is 6.17 Å². The van der Waals surface area contributed by atoms with Crippen molar-refractivity contribution in [2.75, 3.05) is 10.2 Å². The van der Waals surface area contributed by atoms with Crippen molar-refractivity contribution in [3.8, 4) is 11.1 Å². The molecule has 0 aromatic heterocycles. The highest BCUT2D eigenvalue weighted by atomic mass is 79.9. The van der Waals surface area contributed by atoms with Crippen LogP contribution in [0.4, 0.5) is 17.1 Å².